The van der Waals surface area contributed by atoms with Gasteiger partial charge in [0.1, 0.15) is 6.04 Å². The number of aliphatic carboxylic acids is 1. The topological polar surface area (TPSA) is 69.6 Å². The molecule has 0 aromatic heterocycles. The molecule has 1 atom stereocenters. The van der Waals surface area contributed by atoms with Crippen molar-refractivity contribution in [1.29, 1.82) is 0 Å². The van der Waals surface area contributed by atoms with Crippen molar-refractivity contribution in [1.82, 2.24) is 10.2 Å². The van der Waals surface area contributed by atoms with Gasteiger partial charge in [-0.1, -0.05) is 32.1 Å². The predicted octanol–water partition coefficient (Wildman–Crippen LogP) is 2.60. The molecule has 2 fully saturated rings. The minimum Gasteiger partial charge on any atom is -0.480 e. The fraction of sp³-hybridized carbons (Fsp3) is 0.867. The first-order valence-electron chi connectivity index (χ1n) is 7.85. The van der Waals surface area contributed by atoms with E-state index in [2.05, 4.69) is 5.32 Å². The van der Waals surface area contributed by atoms with Crippen LogP contribution in [0.1, 0.15) is 57.8 Å². The normalized spacial score (nSPS) is 22.4. The van der Waals surface area contributed by atoms with E-state index in [1.54, 1.807) is 11.9 Å². The highest BCUT2D eigenvalue weighted by Gasteiger charge is 2.33. The van der Waals surface area contributed by atoms with E-state index in [-0.39, 0.29) is 18.0 Å². The van der Waals surface area contributed by atoms with Gasteiger partial charge in [-0.2, -0.15) is 0 Å². The largest absolute Gasteiger partial charge is 0.480 e. The van der Waals surface area contributed by atoms with Crippen molar-refractivity contribution < 1.29 is 14.7 Å². The zero-order valence-electron chi connectivity index (χ0n) is 12.3. The highest BCUT2D eigenvalue weighted by Crippen LogP contribution is 2.27. The molecule has 0 saturated heterocycles. The molecule has 0 heterocycles. The maximum Gasteiger partial charge on any atom is 0.326 e. The molecule has 1 unspecified atom stereocenters. The molecule has 2 rings (SSSR count). The monoisotopic (exact) mass is 282 g/mol. The molecule has 0 spiro atoms. The van der Waals surface area contributed by atoms with Crippen LogP contribution in [0.15, 0.2) is 0 Å². The molecular weight excluding hydrogens is 256 g/mol. The van der Waals surface area contributed by atoms with Gasteiger partial charge in [-0.05, 0) is 31.6 Å². The fourth-order valence-corrected chi connectivity index (χ4v) is 3.54. The first-order chi connectivity index (χ1) is 9.59. The van der Waals surface area contributed by atoms with Gasteiger partial charge in [-0.25, -0.2) is 9.59 Å². The van der Waals surface area contributed by atoms with Gasteiger partial charge in [0.05, 0.1) is 0 Å². The lowest BCUT2D eigenvalue weighted by Crippen LogP contribution is -2.52. The molecule has 2 N–H and O–H groups in total. The Morgan fingerprint density at radius 1 is 1.05 bits per heavy atom. The summed E-state index contributed by atoms with van der Waals surface area (Å²) in [6.07, 6.45) is 9.52. The Bertz CT molecular complexity index is 347. The van der Waals surface area contributed by atoms with Crippen LogP contribution in [0.25, 0.3) is 0 Å². The second-order valence-electron chi connectivity index (χ2n) is 6.21. The Kier molecular flexibility index (Phi) is 5.26. The van der Waals surface area contributed by atoms with Crippen LogP contribution in [-0.4, -0.2) is 41.1 Å². The van der Waals surface area contributed by atoms with Crippen molar-refractivity contribution in [2.24, 2.45) is 5.92 Å². The Morgan fingerprint density at radius 2 is 1.60 bits per heavy atom. The molecule has 2 aliphatic carbocycles. The summed E-state index contributed by atoms with van der Waals surface area (Å²) in [4.78, 5) is 25.4. The number of nitrogens with zero attached hydrogens (tertiary/aromatic N) is 1. The smallest absolute Gasteiger partial charge is 0.326 e. The lowest BCUT2D eigenvalue weighted by molar-refractivity contribution is -0.141. The van der Waals surface area contributed by atoms with E-state index in [4.69, 9.17) is 0 Å². The summed E-state index contributed by atoms with van der Waals surface area (Å²) in [5, 5.41) is 12.1. The first kappa shape index (κ1) is 15.1. The quantitative estimate of drug-likeness (QED) is 0.832. The molecule has 0 aliphatic heterocycles. The van der Waals surface area contributed by atoms with Gasteiger partial charge in [0.2, 0.25) is 0 Å². The van der Waals surface area contributed by atoms with Crippen molar-refractivity contribution in [3.8, 4) is 0 Å². The van der Waals surface area contributed by atoms with Crippen LogP contribution in [0.3, 0.4) is 0 Å². The number of nitrogens with one attached hydrogen (secondary N) is 1. The number of carbonyl (C=O) groups is 2. The number of urea groups is 1. The number of rotatable bonds is 4. The average molecular weight is 282 g/mol. The predicted molar refractivity (Wildman–Crippen MR) is 76.5 cm³/mol. The van der Waals surface area contributed by atoms with Crippen LogP contribution < -0.4 is 5.32 Å². The molecule has 2 amide bonds. The Morgan fingerprint density at radius 3 is 2.15 bits per heavy atom. The van der Waals surface area contributed by atoms with Gasteiger partial charge >= 0.3 is 12.0 Å². The second-order valence-corrected chi connectivity index (χ2v) is 6.21. The van der Waals surface area contributed by atoms with Crippen LogP contribution in [0, 0.1) is 5.92 Å². The lowest BCUT2D eigenvalue weighted by atomic mass is 9.84. The lowest BCUT2D eigenvalue weighted by Gasteiger charge is -2.31. The number of hydrogen-bond donors (Lipinski definition) is 2. The van der Waals surface area contributed by atoms with E-state index in [0.717, 1.165) is 51.4 Å². The van der Waals surface area contributed by atoms with Gasteiger partial charge in [-0.15, -0.1) is 0 Å². The van der Waals surface area contributed by atoms with Crippen molar-refractivity contribution in [3.63, 3.8) is 0 Å². The Labute approximate surface area is 120 Å². The van der Waals surface area contributed by atoms with Crippen molar-refractivity contribution in [2.45, 2.75) is 69.9 Å². The third kappa shape index (κ3) is 3.64. The van der Waals surface area contributed by atoms with Crippen LogP contribution in [-0.2, 0) is 4.79 Å². The number of carbonyl (C=O) groups excluding carboxylic acids is 1. The van der Waals surface area contributed by atoms with Crippen molar-refractivity contribution in [2.75, 3.05) is 7.05 Å². The summed E-state index contributed by atoms with van der Waals surface area (Å²) < 4.78 is 0. The van der Waals surface area contributed by atoms with E-state index in [9.17, 15) is 14.7 Å². The van der Waals surface area contributed by atoms with E-state index >= 15 is 0 Å². The maximum absolute atomic E-state index is 12.2. The maximum atomic E-state index is 12.2. The van der Waals surface area contributed by atoms with Gasteiger partial charge in [0, 0.05) is 13.1 Å². The van der Waals surface area contributed by atoms with E-state index < -0.39 is 12.0 Å². The van der Waals surface area contributed by atoms with Gasteiger partial charge in [0.15, 0.2) is 0 Å². The van der Waals surface area contributed by atoms with Crippen LogP contribution in [0.5, 0.6) is 0 Å². The summed E-state index contributed by atoms with van der Waals surface area (Å²) in [6.45, 7) is 0. The first-order valence-corrected chi connectivity index (χ1v) is 7.85. The molecule has 0 aromatic carbocycles. The van der Waals surface area contributed by atoms with Crippen molar-refractivity contribution >= 4 is 12.0 Å². The molecule has 5 heteroatoms. The van der Waals surface area contributed by atoms with Crippen LogP contribution in [0.2, 0.25) is 0 Å². The molecule has 2 aliphatic rings. The molecule has 0 radical (unpaired) electrons. The van der Waals surface area contributed by atoms with Gasteiger partial charge in [-0.3, -0.25) is 0 Å². The van der Waals surface area contributed by atoms with E-state index in [1.165, 1.54) is 6.42 Å². The van der Waals surface area contributed by atoms with Crippen LogP contribution in [0.4, 0.5) is 4.79 Å². The Hall–Kier alpha value is -1.26. The zero-order chi connectivity index (χ0) is 14.5. The molecular formula is C15H26N2O3. The Balaban J connectivity index is 1.92. The summed E-state index contributed by atoms with van der Waals surface area (Å²) >= 11 is 0. The summed E-state index contributed by atoms with van der Waals surface area (Å²) in [6, 6.07) is -0.683. The molecule has 114 valence electrons. The third-order valence-corrected chi connectivity index (χ3v) is 4.86. The zero-order valence-corrected chi connectivity index (χ0v) is 12.3. The standard InChI is InChI=1S/C15H26N2O3/c1-17(12-9-5-6-10-12)15(20)16-13(14(18)19)11-7-3-2-4-8-11/h11-13H,2-10H2,1H3,(H,16,20)(H,18,19). The molecule has 2 saturated carbocycles. The van der Waals surface area contributed by atoms with Gasteiger partial charge < -0.3 is 15.3 Å². The highest BCUT2D eigenvalue weighted by molar-refractivity contribution is 5.82. The van der Waals surface area contributed by atoms with Gasteiger partial charge in [0.25, 0.3) is 0 Å². The van der Waals surface area contributed by atoms with Crippen LogP contribution >= 0.6 is 0 Å². The van der Waals surface area contributed by atoms with Crippen molar-refractivity contribution in [3.05, 3.63) is 0 Å². The number of hydrogen-bond acceptors (Lipinski definition) is 2. The second kappa shape index (κ2) is 6.95. The third-order valence-electron chi connectivity index (χ3n) is 4.86. The molecule has 0 bridgehead atoms. The average Bonchev–Trinajstić information content (AvgIpc) is 2.98. The number of carboxylic acids is 1. The minimum absolute atomic E-state index is 0.0854. The van der Waals surface area contributed by atoms with E-state index in [0.29, 0.717) is 0 Å². The minimum atomic E-state index is -0.898. The fourth-order valence-electron chi connectivity index (χ4n) is 3.54. The number of amides is 2. The molecule has 20 heavy (non-hydrogen) atoms. The summed E-state index contributed by atoms with van der Waals surface area (Å²) in [7, 11) is 1.78. The van der Waals surface area contributed by atoms with E-state index in [1.807, 2.05) is 0 Å². The SMILES string of the molecule is CN(C(=O)NC(C(=O)O)C1CCCCC1)C1CCCC1. The number of carboxylic acid groups (broad SMARTS) is 1. The highest BCUT2D eigenvalue weighted by atomic mass is 16.4. The summed E-state index contributed by atoms with van der Waals surface area (Å²) in [5.41, 5.74) is 0. The summed E-state index contributed by atoms with van der Waals surface area (Å²) in [5.74, 6) is -0.813. The molecule has 5 nitrogen and oxygen atoms in total. The molecule has 0 aromatic rings.